The Labute approximate surface area is 175 Å². The predicted molar refractivity (Wildman–Crippen MR) is 116 cm³/mol. The van der Waals surface area contributed by atoms with Gasteiger partial charge in [-0.25, -0.2) is 4.98 Å². The molecule has 0 aliphatic carbocycles. The molecule has 1 aromatic heterocycles. The lowest BCUT2D eigenvalue weighted by Crippen LogP contribution is -2.41. The second-order valence-electron chi connectivity index (χ2n) is 8.09. The molecule has 156 valence electrons. The van der Waals surface area contributed by atoms with Crippen molar-refractivity contribution in [3.05, 3.63) is 35.5 Å². The van der Waals surface area contributed by atoms with Gasteiger partial charge in [0.25, 0.3) is 5.91 Å². The highest BCUT2D eigenvalue weighted by atomic mass is 16.2. The Balaban J connectivity index is 1.61. The summed E-state index contributed by atoms with van der Waals surface area (Å²) in [5.41, 5.74) is 3.39. The number of nitrogens with zero attached hydrogens (tertiary/aromatic N) is 5. The Kier molecular flexibility index (Phi) is 4.56. The molecule has 1 aromatic carbocycles. The van der Waals surface area contributed by atoms with E-state index in [1.54, 1.807) is 18.1 Å². The largest absolute Gasteiger partial charge is 0.354 e. The lowest BCUT2D eigenvalue weighted by molar-refractivity contribution is -0.118. The third-order valence-corrected chi connectivity index (χ3v) is 6.36. The van der Waals surface area contributed by atoms with Crippen molar-refractivity contribution < 1.29 is 9.59 Å². The minimum absolute atomic E-state index is 0.0737. The molecule has 0 bridgehead atoms. The van der Waals surface area contributed by atoms with Crippen molar-refractivity contribution in [2.24, 2.45) is 0 Å². The first-order valence-corrected chi connectivity index (χ1v) is 10.7. The first kappa shape index (κ1) is 18.8. The van der Waals surface area contributed by atoms with Crippen LogP contribution in [0.25, 0.3) is 0 Å². The Morgan fingerprint density at radius 2 is 2.03 bits per heavy atom. The zero-order chi connectivity index (χ0) is 20.8. The SMILES string of the molecule is CCNc1ncc2c(n1)N1CCC[C@H]1CN(c1cccc3c1CCC(=O)N3C)C2=O. The molecule has 5 rings (SSSR count). The molecular formula is C22H26N6O2. The van der Waals surface area contributed by atoms with E-state index in [4.69, 9.17) is 4.98 Å². The third kappa shape index (κ3) is 2.89. The Bertz CT molecular complexity index is 1020. The summed E-state index contributed by atoms with van der Waals surface area (Å²) in [6, 6.07) is 6.11. The van der Waals surface area contributed by atoms with E-state index in [0.717, 1.165) is 48.7 Å². The van der Waals surface area contributed by atoms with Gasteiger partial charge in [0, 0.05) is 62.3 Å². The van der Waals surface area contributed by atoms with Gasteiger partial charge in [0.1, 0.15) is 11.4 Å². The van der Waals surface area contributed by atoms with Crippen molar-refractivity contribution in [2.75, 3.05) is 46.7 Å². The number of anilines is 4. The van der Waals surface area contributed by atoms with Crippen molar-refractivity contribution in [1.29, 1.82) is 0 Å². The van der Waals surface area contributed by atoms with Gasteiger partial charge in [-0.15, -0.1) is 0 Å². The molecule has 0 saturated carbocycles. The van der Waals surface area contributed by atoms with E-state index in [2.05, 4.69) is 15.2 Å². The molecule has 8 heteroatoms. The zero-order valence-electron chi connectivity index (χ0n) is 17.4. The van der Waals surface area contributed by atoms with E-state index in [-0.39, 0.29) is 17.9 Å². The molecule has 4 heterocycles. The number of aromatic nitrogens is 2. The van der Waals surface area contributed by atoms with Crippen LogP contribution in [0, 0.1) is 0 Å². The fourth-order valence-electron chi connectivity index (χ4n) is 4.86. The Morgan fingerprint density at radius 1 is 1.20 bits per heavy atom. The molecule has 1 N–H and O–H groups in total. The summed E-state index contributed by atoms with van der Waals surface area (Å²) in [5.74, 6) is 1.32. The number of hydrogen-bond acceptors (Lipinski definition) is 6. The molecule has 3 aliphatic heterocycles. The molecule has 2 aromatic rings. The molecule has 0 spiro atoms. The normalized spacial score (nSPS) is 20.6. The monoisotopic (exact) mass is 406 g/mol. The summed E-state index contributed by atoms with van der Waals surface area (Å²) in [4.78, 5) is 40.8. The van der Waals surface area contributed by atoms with Gasteiger partial charge in [-0.2, -0.15) is 4.98 Å². The number of carbonyl (C=O) groups excluding carboxylic acids is 2. The Hall–Kier alpha value is -3.16. The quantitative estimate of drug-likeness (QED) is 0.843. The fourth-order valence-corrected chi connectivity index (χ4v) is 4.86. The number of fused-ring (bicyclic) bond motifs is 4. The average Bonchev–Trinajstić information content (AvgIpc) is 3.18. The van der Waals surface area contributed by atoms with E-state index >= 15 is 0 Å². The standard InChI is InChI=1S/C22H26N6O2/c1-3-23-22-24-12-16-20(25-22)27-11-5-6-14(27)13-28(21(16)30)18-8-4-7-17-15(18)9-10-19(29)26(17)2/h4,7-8,12,14H,3,5-6,9-11,13H2,1-2H3,(H,23,24,25)/t14-/m0/s1. The molecule has 0 unspecified atom stereocenters. The molecule has 8 nitrogen and oxygen atoms in total. The highest BCUT2D eigenvalue weighted by Crippen LogP contribution is 2.39. The fraction of sp³-hybridized carbons (Fsp3) is 0.455. The number of rotatable bonds is 3. The van der Waals surface area contributed by atoms with Crippen LogP contribution in [0.4, 0.5) is 23.1 Å². The van der Waals surface area contributed by atoms with E-state index < -0.39 is 0 Å². The van der Waals surface area contributed by atoms with Crippen molar-refractivity contribution >= 4 is 35.0 Å². The van der Waals surface area contributed by atoms with E-state index in [1.165, 1.54) is 0 Å². The van der Waals surface area contributed by atoms with Gasteiger partial charge >= 0.3 is 0 Å². The zero-order valence-corrected chi connectivity index (χ0v) is 17.4. The van der Waals surface area contributed by atoms with Crippen LogP contribution < -0.4 is 20.0 Å². The highest BCUT2D eigenvalue weighted by molar-refractivity contribution is 6.11. The predicted octanol–water partition coefficient (Wildman–Crippen LogP) is 2.45. The van der Waals surface area contributed by atoms with Crippen LogP contribution in [0.2, 0.25) is 0 Å². The van der Waals surface area contributed by atoms with Crippen LogP contribution in [-0.4, -0.2) is 54.5 Å². The van der Waals surface area contributed by atoms with Crippen LogP contribution in [0.5, 0.6) is 0 Å². The van der Waals surface area contributed by atoms with Crippen molar-refractivity contribution in [2.45, 2.75) is 38.6 Å². The van der Waals surface area contributed by atoms with Crippen LogP contribution in [0.1, 0.15) is 42.1 Å². The van der Waals surface area contributed by atoms with Crippen molar-refractivity contribution in [1.82, 2.24) is 9.97 Å². The first-order valence-electron chi connectivity index (χ1n) is 10.7. The van der Waals surface area contributed by atoms with Crippen molar-refractivity contribution in [3.63, 3.8) is 0 Å². The van der Waals surface area contributed by atoms with Gasteiger partial charge in [0.05, 0.1) is 0 Å². The van der Waals surface area contributed by atoms with E-state index in [0.29, 0.717) is 30.9 Å². The van der Waals surface area contributed by atoms with Gasteiger partial charge in [-0.05, 0) is 38.3 Å². The minimum Gasteiger partial charge on any atom is -0.354 e. The van der Waals surface area contributed by atoms with Crippen LogP contribution in [0.15, 0.2) is 24.4 Å². The number of hydrogen-bond donors (Lipinski definition) is 1. The maximum atomic E-state index is 13.7. The second kappa shape index (κ2) is 7.27. The van der Waals surface area contributed by atoms with Crippen LogP contribution in [-0.2, 0) is 11.2 Å². The van der Waals surface area contributed by atoms with E-state index in [1.807, 2.05) is 30.0 Å². The number of carbonyl (C=O) groups is 2. The summed E-state index contributed by atoms with van der Waals surface area (Å²) in [6.07, 6.45) is 4.87. The summed E-state index contributed by atoms with van der Waals surface area (Å²) in [7, 11) is 1.80. The highest BCUT2D eigenvalue weighted by Gasteiger charge is 2.38. The molecule has 0 radical (unpaired) electrons. The lowest BCUT2D eigenvalue weighted by Gasteiger charge is -2.32. The topological polar surface area (TPSA) is 81.7 Å². The van der Waals surface area contributed by atoms with Crippen LogP contribution in [0.3, 0.4) is 0 Å². The third-order valence-electron chi connectivity index (χ3n) is 6.36. The number of nitrogens with one attached hydrogen (secondary N) is 1. The van der Waals surface area contributed by atoms with Gasteiger partial charge in [-0.3, -0.25) is 9.59 Å². The van der Waals surface area contributed by atoms with Gasteiger partial charge in [0.15, 0.2) is 0 Å². The lowest BCUT2D eigenvalue weighted by atomic mass is 9.98. The molecule has 2 amide bonds. The summed E-state index contributed by atoms with van der Waals surface area (Å²) >= 11 is 0. The smallest absolute Gasteiger partial charge is 0.263 e. The minimum atomic E-state index is -0.0737. The molecule has 1 fully saturated rings. The molecule has 1 saturated heterocycles. The summed E-state index contributed by atoms with van der Waals surface area (Å²) < 4.78 is 0. The Morgan fingerprint density at radius 3 is 2.87 bits per heavy atom. The number of amides is 2. The number of benzene rings is 1. The van der Waals surface area contributed by atoms with Gasteiger partial charge < -0.3 is 20.0 Å². The molecular weight excluding hydrogens is 380 g/mol. The molecule has 3 aliphatic rings. The molecule has 30 heavy (non-hydrogen) atoms. The van der Waals surface area contributed by atoms with Gasteiger partial charge in [-0.1, -0.05) is 6.07 Å². The molecule has 1 atom stereocenters. The summed E-state index contributed by atoms with van der Waals surface area (Å²) in [6.45, 7) is 4.23. The second-order valence-corrected chi connectivity index (χ2v) is 8.09. The first-order chi connectivity index (χ1) is 14.6. The van der Waals surface area contributed by atoms with Gasteiger partial charge in [0.2, 0.25) is 11.9 Å². The summed E-state index contributed by atoms with van der Waals surface area (Å²) in [5, 5.41) is 3.15. The van der Waals surface area contributed by atoms with E-state index in [9.17, 15) is 9.59 Å². The average molecular weight is 406 g/mol. The van der Waals surface area contributed by atoms with Crippen LogP contribution >= 0.6 is 0 Å². The van der Waals surface area contributed by atoms with Crippen molar-refractivity contribution in [3.8, 4) is 0 Å². The maximum Gasteiger partial charge on any atom is 0.263 e. The maximum absolute atomic E-state index is 13.7.